The molecule has 0 spiro atoms. The summed E-state index contributed by atoms with van der Waals surface area (Å²) in [5, 5.41) is 0. The first-order chi connectivity index (χ1) is 8.63. The number of rotatable bonds is 1. The highest BCUT2D eigenvalue weighted by molar-refractivity contribution is 14.1. The van der Waals surface area contributed by atoms with Crippen LogP contribution >= 0.6 is 22.6 Å². The number of nitrogens with zero attached hydrogens (tertiary/aromatic N) is 1. The molecule has 0 atom stereocenters. The Morgan fingerprint density at radius 1 is 1.06 bits per heavy atom. The number of hydrogen-bond acceptors (Lipinski definition) is 2. The molecule has 0 fully saturated rings. The van der Waals surface area contributed by atoms with Crippen molar-refractivity contribution in [2.45, 2.75) is 13.8 Å². The molecular weight excluding hydrogens is 337 g/mol. The van der Waals surface area contributed by atoms with E-state index in [1.807, 2.05) is 24.3 Å². The molecular formula is C15H12INO. The molecule has 2 aromatic carbocycles. The molecule has 2 nitrogen and oxygen atoms in total. The SMILES string of the molecule is Cc1ccc2oc(-c3ccc(I)c(C)c3)nc2c1. The van der Waals surface area contributed by atoms with Crippen LogP contribution in [0.3, 0.4) is 0 Å². The van der Waals surface area contributed by atoms with E-state index in [0.29, 0.717) is 5.89 Å². The zero-order chi connectivity index (χ0) is 12.7. The zero-order valence-corrected chi connectivity index (χ0v) is 12.4. The van der Waals surface area contributed by atoms with Crippen molar-refractivity contribution >= 4 is 33.7 Å². The minimum Gasteiger partial charge on any atom is -0.436 e. The first kappa shape index (κ1) is 11.7. The fourth-order valence-corrected chi connectivity index (χ4v) is 2.27. The molecule has 3 rings (SSSR count). The van der Waals surface area contributed by atoms with Crippen LogP contribution < -0.4 is 0 Å². The lowest BCUT2D eigenvalue weighted by atomic mass is 10.1. The van der Waals surface area contributed by atoms with Crippen molar-refractivity contribution in [2.24, 2.45) is 0 Å². The number of benzene rings is 2. The Balaban J connectivity index is 2.16. The summed E-state index contributed by atoms with van der Waals surface area (Å²) in [6, 6.07) is 12.3. The lowest BCUT2D eigenvalue weighted by Gasteiger charge is -1.99. The lowest BCUT2D eigenvalue weighted by molar-refractivity contribution is 0.619. The van der Waals surface area contributed by atoms with E-state index < -0.39 is 0 Å². The predicted molar refractivity (Wildman–Crippen MR) is 81.6 cm³/mol. The quantitative estimate of drug-likeness (QED) is 0.595. The van der Waals surface area contributed by atoms with Crippen LogP contribution in [-0.2, 0) is 0 Å². The summed E-state index contributed by atoms with van der Waals surface area (Å²) in [4.78, 5) is 4.55. The molecule has 0 radical (unpaired) electrons. The van der Waals surface area contributed by atoms with E-state index in [1.165, 1.54) is 14.7 Å². The molecule has 18 heavy (non-hydrogen) atoms. The molecule has 0 saturated heterocycles. The highest BCUT2D eigenvalue weighted by atomic mass is 127. The lowest BCUT2D eigenvalue weighted by Crippen LogP contribution is -1.82. The minimum atomic E-state index is 0.690. The normalized spacial score (nSPS) is 11.1. The van der Waals surface area contributed by atoms with Crippen molar-refractivity contribution in [1.82, 2.24) is 4.98 Å². The average molecular weight is 349 g/mol. The van der Waals surface area contributed by atoms with E-state index in [0.717, 1.165) is 16.7 Å². The van der Waals surface area contributed by atoms with Gasteiger partial charge in [0.15, 0.2) is 5.58 Å². The Morgan fingerprint density at radius 3 is 2.67 bits per heavy atom. The second-order valence-electron chi connectivity index (χ2n) is 4.45. The minimum absolute atomic E-state index is 0.690. The Bertz CT molecular complexity index is 730. The van der Waals surface area contributed by atoms with Gasteiger partial charge in [-0.2, -0.15) is 0 Å². The Hall–Kier alpha value is -1.36. The molecule has 0 N–H and O–H groups in total. The number of oxazole rings is 1. The molecule has 0 bridgehead atoms. The van der Waals surface area contributed by atoms with Crippen LogP contribution in [0.5, 0.6) is 0 Å². The summed E-state index contributed by atoms with van der Waals surface area (Å²) < 4.78 is 7.04. The van der Waals surface area contributed by atoms with Crippen LogP contribution in [0.4, 0.5) is 0 Å². The summed E-state index contributed by atoms with van der Waals surface area (Å²) in [5.41, 5.74) is 5.22. The van der Waals surface area contributed by atoms with E-state index >= 15 is 0 Å². The number of aryl methyl sites for hydroxylation is 2. The summed E-state index contributed by atoms with van der Waals surface area (Å²) in [5.74, 6) is 0.690. The van der Waals surface area contributed by atoms with Crippen molar-refractivity contribution in [3.8, 4) is 11.5 Å². The van der Waals surface area contributed by atoms with E-state index in [-0.39, 0.29) is 0 Å². The van der Waals surface area contributed by atoms with E-state index in [4.69, 9.17) is 4.42 Å². The maximum absolute atomic E-state index is 5.79. The van der Waals surface area contributed by atoms with E-state index in [9.17, 15) is 0 Å². The van der Waals surface area contributed by atoms with Crippen LogP contribution in [0.25, 0.3) is 22.6 Å². The second-order valence-corrected chi connectivity index (χ2v) is 5.62. The van der Waals surface area contributed by atoms with Gasteiger partial charge < -0.3 is 4.42 Å². The predicted octanol–water partition coefficient (Wildman–Crippen LogP) is 4.72. The summed E-state index contributed by atoms with van der Waals surface area (Å²) >= 11 is 2.33. The van der Waals surface area contributed by atoms with Crippen LogP contribution in [0.15, 0.2) is 40.8 Å². The number of fused-ring (bicyclic) bond motifs is 1. The molecule has 90 valence electrons. The molecule has 0 saturated carbocycles. The molecule has 0 unspecified atom stereocenters. The molecule has 0 aliphatic carbocycles. The third kappa shape index (κ3) is 2.03. The van der Waals surface area contributed by atoms with E-state index in [2.05, 4.69) is 53.6 Å². The summed E-state index contributed by atoms with van der Waals surface area (Å²) in [7, 11) is 0. The highest BCUT2D eigenvalue weighted by Gasteiger charge is 2.09. The van der Waals surface area contributed by atoms with Crippen LogP contribution in [-0.4, -0.2) is 4.98 Å². The zero-order valence-electron chi connectivity index (χ0n) is 10.2. The smallest absolute Gasteiger partial charge is 0.227 e. The molecule has 3 aromatic rings. The first-order valence-electron chi connectivity index (χ1n) is 5.77. The van der Waals surface area contributed by atoms with Gasteiger partial charge in [-0.05, 0) is 77.9 Å². The number of halogens is 1. The van der Waals surface area contributed by atoms with Gasteiger partial charge in [0.1, 0.15) is 5.52 Å². The molecule has 0 amide bonds. The third-order valence-electron chi connectivity index (χ3n) is 2.95. The number of aromatic nitrogens is 1. The Morgan fingerprint density at radius 2 is 1.89 bits per heavy atom. The number of hydrogen-bond donors (Lipinski definition) is 0. The first-order valence-corrected chi connectivity index (χ1v) is 6.85. The van der Waals surface area contributed by atoms with Crippen molar-refractivity contribution in [3.05, 3.63) is 51.1 Å². The molecule has 1 aromatic heterocycles. The van der Waals surface area contributed by atoms with Crippen LogP contribution in [0, 0.1) is 17.4 Å². The van der Waals surface area contributed by atoms with Crippen molar-refractivity contribution in [1.29, 1.82) is 0 Å². The van der Waals surface area contributed by atoms with Crippen LogP contribution in [0.1, 0.15) is 11.1 Å². The van der Waals surface area contributed by atoms with Gasteiger partial charge >= 0.3 is 0 Å². The maximum Gasteiger partial charge on any atom is 0.227 e. The summed E-state index contributed by atoms with van der Waals surface area (Å²) in [6.45, 7) is 4.15. The van der Waals surface area contributed by atoms with Crippen LogP contribution in [0.2, 0.25) is 0 Å². The Kier molecular flexibility index (Phi) is 2.86. The van der Waals surface area contributed by atoms with Gasteiger partial charge in [-0.1, -0.05) is 6.07 Å². The van der Waals surface area contributed by atoms with Gasteiger partial charge in [-0.15, -0.1) is 0 Å². The fourth-order valence-electron chi connectivity index (χ4n) is 1.94. The van der Waals surface area contributed by atoms with Gasteiger partial charge in [-0.25, -0.2) is 4.98 Å². The van der Waals surface area contributed by atoms with Crippen molar-refractivity contribution in [2.75, 3.05) is 0 Å². The monoisotopic (exact) mass is 349 g/mol. The molecule has 3 heteroatoms. The van der Waals surface area contributed by atoms with Gasteiger partial charge in [0.05, 0.1) is 0 Å². The third-order valence-corrected chi connectivity index (χ3v) is 4.16. The molecule has 0 aliphatic rings. The van der Waals surface area contributed by atoms with Gasteiger partial charge in [0, 0.05) is 9.13 Å². The van der Waals surface area contributed by atoms with Crippen molar-refractivity contribution in [3.63, 3.8) is 0 Å². The van der Waals surface area contributed by atoms with Gasteiger partial charge in [0.25, 0.3) is 0 Å². The second kappa shape index (κ2) is 4.39. The van der Waals surface area contributed by atoms with E-state index in [1.54, 1.807) is 0 Å². The molecule has 0 aliphatic heterocycles. The topological polar surface area (TPSA) is 26.0 Å². The maximum atomic E-state index is 5.79. The fraction of sp³-hybridized carbons (Fsp3) is 0.133. The van der Waals surface area contributed by atoms with Gasteiger partial charge in [-0.3, -0.25) is 0 Å². The average Bonchev–Trinajstić information content (AvgIpc) is 2.75. The van der Waals surface area contributed by atoms with Gasteiger partial charge in [0.2, 0.25) is 5.89 Å². The Labute approximate surface area is 119 Å². The highest BCUT2D eigenvalue weighted by Crippen LogP contribution is 2.26. The molecule has 1 heterocycles. The standard InChI is InChI=1S/C15H12INO/c1-9-3-6-14-13(7-9)17-15(18-14)11-4-5-12(16)10(2)8-11/h3-8H,1-2H3. The van der Waals surface area contributed by atoms with Crippen molar-refractivity contribution < 1.29 is 4.42 Å². The largest absolute Gasteiger partial charge is 0.436 e. The summed E-state index contributed by atoms with van der Waals surface area (Å²) in [6.07, 6.45) is 0.